The number of nitro benzene ring substituents is 1. The van der Waals surface area contributed by atoms with Gasteiger partial charge >= 0.3 is 12.1 Å². The first-order chi connectivity index (χ1) is 11.3. The Morgan fingerprint density at radius 1 is 1.21 bits per heavy atom. The summed E-state index contributed by atoms with van der Waals surface area (Å²) in [5.74, 6) is -0.672. The van der Waals surface area contributed by atoms with Gasteiger partial charge in [0.05, 0.1) is 10.3 Å². The molecule has 0 spiro atoms. The van der Waals surface area contributed by atoms with E-state index in [1.165, 1.54) is 12.1 Å². The van der Waals surface area contributed by atoms with Crippen molar-refractivity contribution >= 4 is 17.7 Å². The summed E-state index contributed by atoms with van der Waals surface area (Å²) in [6.45, 7) is -0.0814. The minimum atomic E-state index is -1.22. The van der Waals surface area contributed by atoms with Gasteiger partial charge < -0.3 is 15.5 Å². The standard InChI is InChI=1S/C16H20N2O6/c19-14(20)16(10-17-15(21)22)7-5-12(6-8-16)9-11-1-3-13(4-2-11)18(23)24/h1-4,12,17H,5-10H2,(H,19,20)(H,21,22)/t12-,16-. The van der Waals surface area contributed by atoms with Gasteiger partial charge in [0, 0.05) is 18.7 Å². The van der Waals surface area contributed by atoms with Crippen LogP contribution >= 0.6 is 0 Å². The van der Waals surface area contributed by atoms with Gasteiger partial charge in [0.15, 0.2) is 0 Å². The SMILES string of the molecule is O=C(O)NC[C@]1(C(=O)O)CC[C@H](Cc2ccc([N+](=O)[O-])cc2)CC1. The second-order valence-corrected chi connectivity index (χ2v) is 6.32. The number of carbonyl (C=O) groups is 2. The molecule has 0 bridgehead atoms. The fraction of sp³-hybridized carbons (Fsp3) is 0.500. The molecular formula is C16H20N2O6. The second kappa shape index (κ2) is 7.29. The highest BCUT2D eigenvalue weighted by molar-refractivity contribution is 5.76. The molecule has 130 valence electrons. The number of nitrogens with one attached hydrogen (secondary N) is 1. The smallest absolute Gasteiger partial charge is 0.404 e. The van der Waals surface area contributed by atoms with Crippen molar-refractivity contribution in [3.05, 3.63) is 39.9 Å². The van der Waals surface area contributed by atoms with Crippen LogP contribution in [0.2, 0.25) is 0 Å². The fourth-order valence-electron chi connectivity index (χ4n) is 3.23. The maximum Gasteiger partial charge on any atom is 0.404 e. The van der Waals surface area contributed by atoms with Gasteiger partial charge in [0.25, 0.3) is 5.69 Å². The molecule has 0 atom stereocenters. The molecule has 1 fully saturated rings. The average molecular weight is 336 g/mol. The first kappa shape index (κ1) is 17.7. The van der Waals surface area contributed by atoms with Crippen LogP contribution in [0, 0.1) is 21.4 Å². The molecule has 8 nitrogen and oxygen atoms in total. The summed E-state index contributed by atoms with van der Waals surface area (Å²) in [5.41, 5.74) is -0.00575. The van der Waals surface area contributed by atoms with Crippen molar-refractivity contribution in [2.45, 2.75) is 32.1 Å². The monoisotopic (exact) mass is 336 g/mol. The van der Waals surface area contributed by atoms with E-state index in [0.717, 1.165) is 12.0 Å². The number of nitrogens with zero attached hydrogens (tertiary/aromatic N) is 1. The third kappa shape index (κ3) is 4.21. The quantitative estimate of drug-likeness (QED) is 0.541. The summed E-state index contributed by atoms with van der Waals surface area (Å²) in [6, 6.07) is 6.39. The van der Waals surface area contributed by atoms with Crippen molar-refractivity contribution in [1.29, 1.82) is 0 Å². The minimum absolute atomic E-state index is 0.0482. The van der Waals surface area contributed by atoms with Gasteiger partial charge in [-0.15, -0.1) is 0 Å². The molecule has 0 saturated heterocycles. The van der Waals surface area contributed by atoms with Crippen molar-refractivity contribution in [3.8, 4) is 0 Å². The predicted molar refractivity (Wildman–Crippen MR) is 84.9 cm³/mol. The Morgan fingerprint density at radius 2 is 1.79 bits per heavy atom. The van der Waals surface area contributed by atoms with Gasteiger partial charge in [-0.3, -0.25) is 14.9 Å². The van der Waals surface area contributed by atoms with E-state index in [4.69, 9.17) is 5.11 Å². The van der Waals surface area contributed by atoms with Crippen LogP contribution in [0.3, 0.4) is 0 Å². The van der Waals surface area contributed by atoms with E-state index in [-0.39, 0.29) is 12.2 Å². The summed E-state index contributed by atoms with van der Waals surface area (Å²) in [7, 11) is 0. The Kier molecular flexibility index (Phi) is 5.38. The number of benzene rings is 1. The molecule has 24 heavy (non-hydrogen) atoms. The Hall–Kier alpha value is -2.64. The maximum absolute atomic E-state index is 11.6. The van der Waals surface area contributed by atoms with E-state index in [9.17, 15) is 24.8 Å². The molecule has 1 aliphatic carbocycles. The molecule has 0 aliphatic heterocycles. The highest BCUT2D eigenvalue weighted by atomic mass is 16.6. The van der Waals surface area contributed by atoms with Crippen LogP contribution < -0.4 is 5.32 Å². The lowest BCUT2D eigenvalue weighted by Gasteiger charge is -2.36. The summed E-state index contributed by atoms with van der Waals surface area (Å²) in [5, 5.41) is 31.0. The van der Waals surface area contributed by atoms with Gasteiger partial charge in [0.1, 0.15) is 0 Å². The number of nitro groups is 1. The summed E-state index contributed by atoms with van der Waals surface area (Å²) < 4.78 is 0. The normalized spacial score (nSPS) is 23.4. The van der Waals surface area contributed by atoms with Crippen molar-refractivity contribution in [2.24, 2.45) is 11.3 Å². The number of amides is 1. The zero-order chi connectivity index (χ0) is 17.7. The molecule has 1 aliphatic rings. The number of rotatable bonds is 6. The Balaban J connectivity index is 1.94. The number of hydrogen-bond acceptors (Lipinski definition) is 4. The summed E-state index contributed by atoms with van der Waals surface area (Å²) in [6.07, 6.45) is 1.72. The molecule has 1 aromatic rings. The third-order valence-corrected chi connectivity index (χ3v) is 4.77. The van der Waals surface area contributed by atoms with Crippen molar-refractivity contribution in [3.63, 3.8) is 0 Å². The number of hydrogen-bond donors (Lipinski definition) is 3. The average Bonchev–Trinajstić information content (AvgIpc) is 2.54. The van der Waals surface area contributed by atoms with Crippen LogP contribution in [0.1, 0.15) is 31.2 Å². The van der Waals surface area contributed by atoms with Crippen LogP contribution in [-0.2, 0) is 11.2 Å². The summed E-state index contributed by atoms with van der Waals surface area (Å²) in [4.78, 5) is 32.4. The lowest BCUT2D eigenvalue weighted by atomic mass is 9.69. The van der Waals surface area contributed by atoms with Gasteiger partial charge in [-0.2, -0.15) is 0 Å². The van der Waals surface area contributed by atoms with E-state index >= 15 is 0 Å². The van der Waals surface area contributed by atoms with Crippen LogP contribution in [0.5, 0.6) is 0 Å². The zero-order valence-electron chi connectivity index (χ0n) is 13.1. The summed E-state index contributed by atoms with van der Waals surface area (Å²) >= 11 is 0. The maximum atomic E-state index is 11.6. The molecule has 0 aromatic heterocycles. The number of carboxylic acid groups (broad SMARTS) is 2. The molecular weight excluding hydrogens is 316 g/mol. The van der Waals surface area contributed by atoms with Crippen molar-refractivity contribution in [1.82, 2.24) is 5.32 Å². The van der Waals surface area contributed by atoms with E-state index in [0.29, 0.717) is 31.6 Å². The molecule has 0 heterocycles. The second-order valence-electron chi connectivity index (χ2n) is 6.32. The predicted octanol–water partition coefficient (Wildman–Crippen LogP) is 2.67. The third-order valence-electron chi connectivity index (χ3n) is 4.77. The lowest BCUT2D eigenvalue weighted by Crippen LogP contribution is -2.45. The number of carboxylic acids is 1. The largest absolute Gasteiger partial charge is 0.481 e. The molecule has 0 unspecified atom stereocenters. The van der Waals surface area contributed by atoms with Crippen LogP contribution in [0.4, 0.5) is 10.5 Å². The Labute approximate surface area is 138 Å². The minimum Gasteiger partial charge on any atom is -0.481 e. The molecule has 0 radical (unpaired) electrons. The van der Waals surface area contributed by atoms with Gasteiger partial charge in [-0.05, 0) is 43.6 Å². The number of non-ortho nitro benzene ring substituents is 1. The zero-order valence-corrected chi connectivity index (χ0v) is 13.1. The van der Waals surface area contributed by atoms with E-state index in [1.54, 1.807) is 12.1 Å². The van der Waals surface area contributed by atoms with Crippen LogP contribution in [-0.4, -0.2) is 33.7 Å². The lowest BCUT2D eigenvalue weighted by molar-refractivity contribution is -0.384. The van der Waals surface area contributed by atoms with Gasteiger partial charge in [0.2, 0.25) is 0 Å². The molecule has 8 heteroatoms. The van der Waals surface area contributed by atoms with E-state index in [1.807, 2.05) is 0 Å². The molecule has 1 aromatic carbocycles. The first-order valence-corrected chi connectivity index (χ1v) is 7.76. The van der Waals surface area contributed by atoms with Gasteiger partial charge in [-0.1, -0.05) is 12.1 Å². The fourth-order valence-corrected chi connectivity index (χ4v) is 3.23. The van der Waals surface area contributed by atoms with E-state index < -0.39 is 22.4 Å². The molecule has 3 N–H and O–H groups in total. The van der Waals surface area contributed by atoms with Crippen molar-refractivity contribution < 1.29 is 24.7 Å². The van der Waals surface area contributed by atoms with Crippen molar-refractivity contribution in [2.75, 3.05) is 6.54 Å². The topological polar surface area (TPSA) is 130 Å². The van der Waals surface area contributed by atoms with Gasteiger partial charge in [-0.25, -0.2) is 4.79 Å². The first-order valence-electron chi connectivity index (χ1n) is 7.76. The molecule has 1 saturated carbocycles. The molecule has 1 amide bonds. The Morgan fingerprint density at radius 3 is 2.25 bits per heavy atom. The Bertz CT molecular complexity index is 620. The molecule has 2 rings (SSSR count). The van der Waals surface area contributed by atoms with Crippen LogP contribution in [0.15, 0.2) is 24.3 Å². The highest BCUT2D eigenvalue weighted by Crippen LogP contribution is 2.40. The number of aliphatic carboxylic acids is 1. The highest BCUT2D eigenvalue weighted by Gasteiger charge is 2.42. The van der Waals surface area contributed by atoms with Crippen LogP contribution in [0.25, 0.3) is 0 Å². The van der Waals surface area contributed by atoms with E-state index in [2.05, 4.69) is 5.32 Å².